The van der Waals surface area contributed by atoms with Gasteiger partial charge in [0.1, 0.15) is 11.4 Å². The Kier molecular flexibility index (Phi) is 5.37. The third-order valence-corrected chi connectivity index (χ3v) is 2.40. The van der Waals surface area contributed by atoms with Crippen LogP contribution in [0.4, 0.5) is 10.1 Å². The summed E-state index contributed by atoms with van der Waals surface area (Å²) in [7, 11) is 1.51. The number of rotatable bonds is 6. The van der Waals surface area contributed by atoms with Crippen LogP contribution in [0.2, 0.25) is 0 Å². The summed E-state index contributed by atoms with van der Waals surface area (Å²) in [6.07, 6.45) is 0.470. The zero-order valence-corrected chi connectivity index (χ0v) is 10.6. The maximum atomic E-state index is 13.7. The van der Waals surface area contributed by atoms with E-state index in [0.717, 1.165) is 12.1 Å². The van der Waals surface area contributed by atoms with Gasteiger partial charge in [0.05, 0.1) is 11.5 Å². The Labute approximate surface area is 109 Å². The number of nitro groups is 1. The number of methoxy groups -OCH3 is 1. The van der Waals surface area contributed by atoms with E-state index in [9.17, 15) is 19.3 Å². The lowest BCUT2D eigenvalue weighted by atomic mass is 10.1. The Hall–Kier alpha value is -2.02. The van der Waals surface area contributed by atoms with Gasteiger partial charge in [-0.15, -0.1) is 0 Å². The molecule has 0 unspecified atom stereocenters. The second-order valence-electron chi connectivity index (χ2n) is 3.86. The molecule has 19 heavy (non-hydrogen) atoms. The van der Waals surface area contributed by atoms with E-state index >= 15 is 0 Å². The van der Waals surface area contributed by atoms with Crippen LogP contribution in [0.1, 0.15) is 22.3 Å². The van der Waals surface area contributed by atoms with Gasteiger partial charge < -0.3 is 9.47 Å². The molecule has 0 aliphatic heterocycles. The average Bonchev–Trinajstić information content (AvgIpc) is 2.37. The van der Waals surface area contributed by atoms with Gasteiger partial charge in [-0.3, -0.25) is 10.1 Å². The number of nitrogens with zero attached hydrogens (tertiary/aromatic N) is 1. The lowest BCUT2D eigenvalue weighted by molar-refractivity contribution is -0.385. The van der Waals surface area contributed by atoms with Crippen LogP contribution in [0, 0.1) is 22.9 Å². The van der Waals surface area contributed by atoms with Crippen LogP contribution >= 0.6 is 0 Å². The molecule has 1 aromatic rings. The highest BCUT2D eigenvalue weighted by Crippen LogP contribution is 2.21. The van der Waals surface area contributed by atoms with Gasteiger partial charge in [0.25, 0.3) is 5.69 Å². The number of carbonyl (C=O) groups excluding carboxylic acids is 1. The topological polar surface area (TPSA) is 78.7 Å². The van der Waals surface area contributed by atoms with Crippen molar-refractivity contribution in [1.82, 2.24) is 0 Å². The Bertz CT molecular complexity index is 489. The fourth-order valence-electron chi connectivity index (χ4n) is 1.45. The minimum absolute atomic E-state index is 0.0260. The van der Waals surface area contributed by atoms with Gasteiger partial charge in [-0.1, -0.05) is 0 Å². The zero-order valence-electron chi connectivity index (χ0n) is 10.6. The van der Waals surface area contributed by atoms with Crippen LogP contribution in [0.3, 0.4) is 0 Å². The molecule has 7 heteroatoms. The lowest BCUT2D eigenvalue weighted by Gasteiger charge is -2.07. The third-order valence-electron chi connectivity index (χ3n) is 2.40. The van der Waals surface area contributed by atoms with Crippen molar-refractivity contribution < 1.29 is 23.6 Å². The van der Waals surface area contributed by atoms with E-state index in [2.05, 4.69) is 0 Å². The molecule has 0 saturated carbocycles. The standard InChI is InChI=1S/C12H14FNO5/c1-8-6-9(14(16)17)7-10(11(8)13)12(15)19-5-3-4-18-2/h6-7H,3-5H2,1-2H3. The van der Waals surface area contributed by atoms with Crippen molar-refractivity contribution in [2.45, 2.75) is 13.3 Å². The van der Waals surface area contributed by atoms with E-state index in [4.69, 9.17) is 9.47 Å². The second kappa shape index (κ2) is 6.79. The van der Waals surface area contributed by atoms with Crippen LogP contribution in [0.15, 0.2) is 12.1 Å². The van der Waals surface area contributed by atoms with Gasteiger partial charge >= 0.3 is 5.97 Å². The number of non-ortho nitro benzene ring substituents is 1. The molecule has 0 heterocycles. The molecule has 0 fully saturated rings. The van der Waals surface area contributed by atoms with Gasteiger partial charge in [-0.05, 0) is 12.5 Å². The summed E-state index contributed by atoms with van der Waals surface area (Å²) in [6, 6.07) is 1.94. The Morgan fingerprint density at radius 2 is 2.11 bits per heavy atom. The van der Waals surface area contributed by atoms with Crippen molar-refractivity contribution in [3.05, 3.63) is 39.2 Å². The van der Waals surface area contributed by atoms with Gasteiger partial charge in [-0.2, -0.15) is 0 Å². The van der Waals surface area contributed by atoms with Crippen LogP contribution in [0.5, 0.6) is 0 Å². The van der Waals surface area contributed by atoms with Crippen LogP contribution < -0.4 is 0 Å². The molecule has 0 aliphatic carbocycles. The predicted octanol–water partition coefficient (Wildman–Crippen LogP) is 2.24. The molecular weight excluding hydrogens is 257 g/mol. The summed E-state index contributed by atoms with van der Waals surface area (Å²) in [5.74, 6) is -1.72. The molecular formula is C12H14FNO5. The average molecular weight is 271 g/mol. The SMILES string of the molecule is COCCCOC(=O)c1cc([N+](=O)[O-])cc(C)c1F. The van der Waals surface area contributed by atoms with E-state index in [1.165, 1.54) is 14.0 Å². The number of benzene rings is 1. The first-order chi connectivity index (χ1) is 8.97. The fourth-order valence-corrected chi connectivity index (χ4v) is 1.45. The Balaban J connectivity index is 2.86. The van der Waals surface area contributed by atoms with E-state index in [1.54, 1.807) is 0 Å². The highest BCUT2D eigenvalue weighted by atomic mass is 19.1. The van der Waals surface area contributed by atoms with E-state index < -0.39 is 22.3 Å². The monoisotopic (exact) mass is 271 g/mol. The molecule has 6 nitrogen and oxygen atoms in total. The summed E-state index contributed by atoms with van der Waals surface area (Å²) < 4.78 is 23.3. The molecule has 0 aliphatic rings. The molecule has 0 bridgehead atoms. The molecule has 1 aromatic carbocycles. The highest BCUT2D eigenvalue weighted by Gasteiger charge is 2.20. The fraction of sp³-hybridized carbons (Fsp3) is 0.417. The van der Waals surface area contributed by atoms with Gasteiger partial charge in [0.2, 0.25) is 0 Å². The van der Waals surface area contributed by atoms with Crippen LogP contribution in [-0.2, 0) is 9.47 Å². The first-order valence-corrected chi connectivity index (χ1v) is 5.58. The molecule has 0 saturated heterocycles. The number of aryl methyl sites for hydroxylation is 1. The summed E-state index contributed by atoms with van der Waals surface area (Å²) in [5.41, 5.74) is -0.745. The number of hydrogen-bond acceptors (Lipinski definition) is 5. The van der Waals surface area contributed by atoms with Crippen LogP contribution in [0.25, 0.3) is 0 Å². The minimum Gasteiger partial charge on any atom is -0.462 e. The van der Waals surface area contributed by atoms with Crippen molar-refractivity contribution in [2.75, 3.05) is 20.3 Å². The molecule has 0 spiro atoms. The molecule has 0 N–H and O–H groups in total. The number of hydrogen-bond donors (Lipinski definition) is 0. The van der Waals surface area contributed by atoms with Gasteiger partial charge in [-0.25, -0.2) is 9.18 Å². The van der Waals surface area contributed by atoms with E-state index in [0.29, 0.717) is 13.0 Å². The number of halogens is 1. The zero-order chi connectivity index (χ0) is 14.4. The second-order valence-corrected chi connectivity index (χ2v) is 3.86. The number of ether oxygens (including phenoxy) is 2. The first-order valence-electron chi connectivity index (χ1n) is 5.58. The highest BCUT2D eigenvalue weighted by molar-refractivity contribution is 5.90. The van der Waals surface area contributed by atoms with Crippen molar-refractivity contribution >= 4 is 11.7 Å². The number of carbonyl (C=O) groups is 1. The van der Waals surface area contributed by atoms with E-state index in [1.807, 2.05) is 0 Å². The predicted molar refractivity (Wildman–Crippen MR) is 64.6 cm³/mol. The maximum absolute atomic E-state index is 13.7. The van der Waals surface area contributed by atoms with Gasteiger partial charge in [0.15, 0.2) is 0 Å². The Morgan fingerprint density at radius 1 is 1.42 bits per heavy atom. The summed E-state index contributed by atoms with van der Waals surface area (Å²) >= 11 is 0. The van der Waals surface area contributed by atoms with Crippen LogP contribution in [-0.4, -0.2) is 31.2 Å². The smallest absolute Gasteiger partial charge is 0.341 e. The minimum atomic E-state index is -0.916. The molecule has 0 aromatic heterocycles. The van der Waals surface area contributed by atoms with Gasteiger partial charge in [0, 0.05) is 32.3 Å². The van der Waals surface area contributed by atoms with Crippen molar-refractivity contribution in [3.8, 4) is 0 Å². The number of nitro benzene ring substituents is 1. The Morgan fingerprint density at radius 3 is 2.68 bits per heavy atom. The van der Waals surface area contributed by atoms with E-state index in [-0.39, 0.29) is 17.9 Å². The third kappa shape index (κ3) is 3.99. The molecule has 1 rings (SSSR count). The summed E-state index contributed by atoms with van der Waals surface area (Å²) in [6.45, 7) is 1.82. The molecule has 104 valence electrons. The summed E-state index contributed by atoms with van der Waals surface area (Å²) in [5, 5.41) is 10.7. The lowest BCUT2D eigenvalue weighted by Crippen LogP contribution is -2.11. The largest absolute Gasteiger partial charge is 0.462 e. The molecule has 0 atom stereocenters. The van der Waals surface area contributed by atoms with Crippen molar-refractivity contribution in [3.63, 3.8) is 0 Å². The maximum Gasteiger partial charge on any atom is 0.341 e. The van der Waals surface area contributed by atoms with Crippen molar-refractivity contribution in [2.24, 2.45) is 0 Å². The first kappa shape index (κ1) is 15.0. The number of esters is 1. The normalized spacial score (nSPS) is 10.3. The molecule has 0 radical (unpaired) electrons. The quantitative estimate of drug-likeness (QED) is 0.343. The van der Waals surface area contributed by atoms with Crippen molar-refractivity contribution in [1.29, 1.82) is 0 Å². The summed E-state index contributed by atoms with van der Waals surface area (Å²) in [4.78, 5) is 21.6. The molecule has 0 amide bonds.